The van der Waals surface area contributed by atoms with Gasteiger partial charge in [0.15, 0.2) is 4.90 Å². The van der Waals surface area contributed by atoms with E-state index in [-0.39, 0.29) is 17.2 Å². The minimum Gasteiger partial charge on any atom is -0.497 e. The molecule has 0 aliphatic rings. The molecule has 2 rings (SSSR count). The number of para-hydroxylation sites is 1. The smallest absolute Gasteiger partial charge is 0.293 e. The number of hydrogen-bond donors (Lipinski definition) is 0. The van der Waals surface area contributed by atoms with Gasteiger partial charge in [0.25, 0.3) is 15.7 Å². The maximum Gasteiger partial charge on any atom is 0.293 e. The van der Waals surface area contributed by atoms with Crippen LogP contribution in [0.1, 0.15) is 19.8 Å². The Balaban J connectivity index is 2.59. The highest BCUT2D eigenvalue weighted by Crippen LogP contribution is 2.32. The Labute approximate surface area is 147 Å². The van der Waals surface area contributed by atoms with E-state index in [4.69, 9.17) is 4.74 Å². The van der Waals surface area contributed by atoms with Crippen molar-refractivity contribution in [3.8, 4) is 5.75 Å². The molecule has 134 valence electrons. The molecule has 0 bridgehead atoms. The molecule has 0 amide bonds. The predicted molar refractivity (Wildman–Crippen MR) is 95.5 cm³/mol. The first-order chi connectivity index (χ1) is 11.9. The molecule has 0 saturated heterocycles. The second-order valence-corrected chi connectivity index (χ2v) is 7.19. The Morgan fingerprint density at radius 1 is 1.16 bits per heavy atom. The number of nitrogens with zero attached hydrogens (tertiary/aromatic N) is 2. The van der Waals surface area contributed by atoms with Crippen molar-refractivity contribution in [1.82, 2.24) is 0 Å². The van der Waals surface area contributed by atoms with E-state index in [9.17, 15) is 18.5 Å². The highest BCUT2D eigenvalue weighted by Gasteiger charge is 2.32. The number of anilines is 1. The van der Waals surface area contributed by atoms with Crippen LogP contribution in [-0.4, -0.2) is 27.0 Å². The molecule has 0 spiro atoms. The maximum atomic E-state index is 13.1. The number of unbranched alkanes of at least 4 members (excludes halogenated alkanes) is 1. The van der Waals surface area contributed by atoms with Crippen LogP contribution in [0.25, 0.3) is 0 Å². The van der Waals surface area contributed by atoms with E-state index in [0.29, 0.717) is 12.1 Å². The lowest BCUT2D eigenvalue weighted by molar-refractivity contribution is -0.387. The van der Waals surface area contributed by atoms with Crippen LogP contribution in [0, 0.1) is 10.1 Å². The molecule has 8 heteroatoms. The quantitative estimate of drug-likeness (QED) is 0.527. The highest BCUT2D eigenvalue weighted by atomic mass is 32.2. The summed E-state index contributed by atoms with van der Waals surface area (Å²) in [6.07, 6.45) is 1.43. The number of methoxy groups -OCH3 is 1. The van der Waals surface area contributed by atoms with Crippen LogP contribution in [0.4, 0.5) is 11.4 Å². The summed E-state index contributed by atoms with van der Waals surface area (Å²) in [7, 11) is -2.73. The van der Waals surface area contributed by atoms with Crippen molar-refractivity contribution >= 4 is 21.4 Å². The summed E-state index contributed by atoms with van der Waals surface area (Å²) in [5, 5.41) is 11.4. The van der Waals surface area contributed by atoms with Gasteiger partial charge in [0.2, 0.25) is 0 Å². The monoisotopic (exact) mass is 364 g/mol. The molecule has 0 radical (unpaired) electrons. The average Bonchev–Trinajstić information content (AvgIpc) is 2.62. The number of sulfonamides is 1. The first-order valence-electron chi connectivity index (χ1n) is 7.82. The molecular formula is C17H20N2O5S. The molecule has 0 unspecified atom stereocenters. The third-order valence-electron chi connectivity index (χ3n) is 3.69. The van der Waals surface area contributed by atoms with E-state index in [2.05, 4.69) is 0 Å². The fourth-order valence-corrected chi connectivity index (χ4v) is 4.03. The van der Waals surface area contributed by atoms with Crippen molar-refractivity contribution in [3.05, 3.63) is 58.6 Å². The molecule has 2 aromatic carbocycles. The zero-order valence-electron chi connectivity index (χ0n) is 14.1. The van der Waals surface area contributed by atoms with Gasteiger partial charge in [-0.15, -0.1) is 0 Å². The molecule has 2 aromatic rings. The minimum absolute atomic E-state index is 0.227. The second kappa shape index (κ2) is 7.98. The molecule has 0 aliphatic carbocycles. The Morgan fingerprint density at radius 2 is 1.84 bits per heavy atom. The van der Waals surface area contributed by atoms with Crippen LogP contribution >= 0.6 is 0 Å². The molecule has 0 N–H and O–H groups in total. The number of ether oxygens (including phenoxy) is 1. The fraction of sp³-hybridized carbons (Fsp3) is 0.294. The molecule has 0 aliphatic heterocycles. The van der Waals surface area contributed by atoms with Gasteiger partial charge < -0.3 is 4.74 Å². The van der Waals surface area contributed by atoms with E-state index < -0.39 is 20.6 Å². The second-order valence-electron chi connectivity index (χ2n) is 5.36. The molecule has 0 heterocycles. The number of hydrogen-bond acceptors (Lipinski definition) is 5. The minimum atomic E-state index is -4.09. The van der Waals surface area contributed by atoms with Crippen LogP contribution in [0.15, 0.2) is 53.4 Å². The van der Waals surface area contributed by atoms with E-state index in [1.807, 2.05) is 6.92 Å². The molecular weight excluding hydrogens is 344 g/mol. The van der Waals surface area contributed by atoms with Crippen molar-refractivity contribution in [1.29, 1.82) is 0 Å². The van der Waals surface area contributed by atoms with Gasteiger partial charge in [-0.1, -0.05) is 31.5 Å². The van der Waals surface area contributed by atoms with Crippen molar-refractivity contribution in [2.24, 2.45) is 0 Å². The van der Waals surface area contributed by atoms with Gasteiger partial charge in [0.1, 0.15) is 5.75 Å². The normalized spacial score (nSPS) is 11.1. The van der Waals surface area contributed by atoms with Crippen LogP contribution in [-0.2, 0) is 10.0 Å². The number of rotatable bonds is 8. The van der Waals surface area contributed by atoms with Crippen molar-refractivity contribution in [2.75, 3.05) is 18.0 Å². The van der Waals surface area contributed by atoms with Crippen molar-refractivity contribution < 1.29 is 18.1 Å². The lowest BCUT2D eigenvalue weighted by atomic mass is 10.3. The molecule has 0 aromatic heterocycles. The van der Waals surface area contributed by atoms with E-state index >= 15 is 0 Å². The summed E-state index contributed by atoms with van der Waals surface area (Å²) in [6.45, 7) is 2.19. The molecule has 25 heavy (non-hydrogen) atoms. The Morgan fingerprint density at radius 3 is 2.40 bits per heavy atom. The molecule has 0 fully saturated rings. The van der Waals surface area contributed by atoms with Gasteiger partial charge in [0.05, 0.1) is 23.8 Å². The van der Waals surface area contributed by atoms with Gasteiger partial charge in [-0.25, -0.2) is 8.42 Å². The van der Waals surface area contributed by atoms with Gasteiger partial charge in [-0.2, -0.15) is 0 Å². The topological polar surface area (TPSA) is 89.8 Å². The average molecular weight is 364 g/mol. The lowest BCUT2D eigenvalue weighted by Gasteiger charge is -2.24. The van der Waals surface area contributed by atoms with Crippen LogP contribution in [0.2, 0.25) is 0 Å². The Kier molecular flexibility index (Phi) is 5.97. The largest absolute Gasteiger partial charge is 0.497 e. The van der Waals surface area contributed by atoms with Gasteiger partial charge in [0, 0.05) is 6.54 Å². The number of nitro benzene ring substituents is 1. The van der Waals surface area contributed by atoms with Crippen molar-refractivity contribution in [2.45, 2.75) is 24.7 Å². The van der Waals surface area contributed by atoms with Crippen LogP contribution < -0.4 is 9.04 Å². The van der Waals surface area contributed by atoms with Crippen LogP contribution in [0.3, 0.4) is 0 Å². The van der Waals surface area contributed by atoms with Crippen molar-refractivity contribution in [3.63, 3.8) is 0 Å². The summed E-state index contributed by atoms with van der Waals surface area (Å²) in [6, 6.07) is 12.3. The molecule has 0 atom stereocenters. The van der Waals surface area contributed by atoms with Gasteiger partial charge >= 0.3 is 0 Å². The lowest BCUT2D eigenvalue weighted by Crippen LogP contribution is -2.32. The van der Waals surface area contributed by atoms with Crippen LogP contribution in [0.5, 0.6) is 5.75 Å². The number of nitro groups is 1. The van der Waals surface area contributed by atoms with Gasteiger partial charge in [-0.3, -0.25) is 14.4 Å². The molecule has 0 saturated carbocycles. The zero-order valence-corrected chi connectivity index (χ0v) is 14.9. The van der Waals surface area contributed by atoms with Gasteiger partial charge in [-0.05, 0) is 30.7 Å². The Hall–Kier alpha value is -2.61. The first-order valence-corrected chi connectivity index (χ1v) is 9.26. The first kappa shape index (κ1) is 18.7. The zero-order chi connectivity index (χ0) is 18.4. The SMILES string of the molecule is CCCCN(c1ccccc1)S(=O)(=O)c1ccc(OC)cc1[N+](=O)[O-]. The maximum absolute atomic E-state index is 13.1. The summed E-state index contributed by atoms with van der Waals surface area (Å²) < 4.78 is 32.5. The fourth-order valence-electron chi connectivity index (χ4n) is 2.39. The van der Waals surface area contributed by atoms with E-state index in [1.54, 1.807) is 30.3 Å². The summed E-state index contributed by atoms with van der Waals surface area (Å²) in [5.41, 5.74) is -0.0298. The standard InChI is InChI=1S/C17H20N2O5S/c1-3-4-12-18(14-8-6-5-7-9-14)25(22,23)17-11-10-15(24-2)13-16(17)19(20)21/h5-11,13H,3-4,12H2,1-2H3. The third-order valence-corrected chi connectivity index (χ3v) is 5.56. The predicted octanol–water partition coefficient (Wildman–Crippen LogP) is 3.60. The summed E-state index contributed by atoms with van der Waals surface area (Å²) in [5.74, 6) is 0.227. The third kappa shape index (κ3) is 4.08. The molecule has 7 nitrogen and oxygen atoms in total. The summed E-state index contributed by atoms with van der Waals surface area (Å²) >= 11 is 0. The Bertz CT molecular complexity index is 837. The van der Waals surface area contributed by atoms with E-state index in [1.165, 1.54) is 23.5 Å². The number of benzene rings is 2. The highest BCUT2D eigenvalue weighted by molar-refractivity contribution is 7.93. The van der Waals surface area contributed by atoms with E-state index in [0.717, 1.165) is 12.5 Å². The summed E-state index contributed by atoms with van der Waals surface area (Å²) in [4.78, 5) is 10.3.